The van der Waals surface area contributed by atoms with Crippen molar-refractivity contribution in [1.29, 1.82) is 0 Å². The second kappa shape index (κ2) is 7.60. The molecule has 116 valence electrons. The van der Waals surface area contributed by atoms with Crippen molar-refractivity contribution in [3.05, 3.63) is 35.9 Å². The van der Waals surface area contributed by atoms with Crippen LogP contribution in [0.3, 0.4) is 0 Å². The van der Waals surface area contributed by atoms with Crippen molar-refractivity contribution >= 4 is 5.91 Å². The molecular weight excluding hydrogens is 260 g/mol. The van der Waals surface area contributed by atoms with E-state index in [-0.39, 0.29) is 5.54 Å². The third-order valence-electron chi connectivity index (χ3n) is 4.51. The predicted octanol–water partition coefficient (Wildman–Crippen LogP) is 3.00. The Morgan fingerprint density at radius 3 is 2.62 bits per heavy atom. The van der Waals surface area contributed by atoms with Crippen molar-refractivity contribution in [2.45, 2.75) is 51.5 Å². The lowest BCUT2D eigenvalue weighted by atomic mass is 9.90. The Labute approximate surface area is 128 Å². The summed E-state index contributed by atoms with van der Waals surface area (Å²) in [6.07, 6.45) is 5.04. The van der Waals surface area contributed by atoms with E-state index in [4.69, 9.17) is 0 Å². The fraction of sp³-hybridized carbons (Fsp3) is 0.611. The van der Waals surface area contributed by atoms with Crippen LogP contribution in [0.25, 0.3) is 0 Å². The highest BCUT2D eigenvalue weighted by atomic mass is 16.2. The molecule has 1 N–H and O–H groups in total. The molecule has 0 saturated carbocycles. The highest BCUT2D eigenvalue weighted by Crippen LogP contribution is 2.27. The van der Waals surface area contributed by atoms with Gasteiger partial charge in [0.15, 0.2) is 0 Å². The number of nitrogens with zero attached hydrogens (tertiary/aromatic N) is 1. The third-order valence-corrected chi connectivity index (χ3v) is 4.51. The maximum Gasteiger partial charge on any atom is 0.242 e. The Hall–Kier alpha value is -1.35. The van der Waals surface area contributed by atoms with E-state index in [1.54, 1.807) is 0 Å². The monoisotopic (exact) mass is 288 g/mol. The predicted molar refractivity (Wildman–Crippen MR) is 87.3 cm³/mol. The highest BCUT2D eigenvalue weighted by Gasteiger charge is 2.41. The summed E-state index contributed by atoms with van der Waals surface area (Å²) in [6.45, 7) is 6.82. The number of amides is 1. The maximum atomic E-state index is 13.0. The van der Waals surface area contributed by atoms with Gasteiger partial charge in [-0.3, -0.25) is 4.79 Å². The Kier molecular flexibility index (Phi) is 5.80. The minimum Gasteiger partial charge on any atom is -0.341 e. The molecule has 3 nitrogen and oxygen atoms in total. The van der Waals surface area contributed by atoms with Crippen molar-refractivity contribution in [3.63, 3.8) is 0 Å². The third kappa shape index (κ3) is 3.85. The average Bonchev–Trinajstić information content (AvgIpc) is 2.99. The zero-order chi connectivity index (χ0) is 15.1. The number of hydrogen-bond acceptors (Lipinski definition) is 2. The fourth-order valence-corrected chi connectivity index (χ4v) is 3.35. The molecule has 0 spiro atoms. The summed E-state index contributed by atoms with van der Waals surface area (Å²) < 4.78 is 0. The van der Waals surface area contributed by atoms with Crippen LogP contribution >= 0.6 is 0 Å². The smallest absolute Gasteiger partial charge is 0.242 e. The molecule has 0 radical (unpaired) electrons. The topological polar surface area (TPSA) is 32.3 Å². The minimum atomic E-state index is -0.290. The van der Waals surface area contributed by atoms with Crippen molar-refractivity contribution in [2.75, 3.05) is 19.6 Å². The lowest BCUT2D eigenvalue weighted by Gasteiger charge is -2.34. The second-order valence-electron chi connectivity index (χ2n) is 5.98. The van der Waals surface area contributed by atoms with E-state index in [9.17, 15) is 4.79 Å². The molecule has 1 fully saturated rings. The van der Waals surface area contributed by atoms with Gasteiger partial charge in [-0.1, -0.05) is 43.7 Å². The molecule has 3 heteroatoms. The number of carbonyl (C=O) groups is 1. The highest BCUT2D eigenvalue weighted by molar-refractivity contribution is 5.86. The van der Waals surface area contributed by atoms with E-state index in [1.165, 1.54) is 5.56 Å². The fourth-order valence-electron chi connectivity index (χ4n) is 3.35. The Morgan fingerprint density at radius 2 is 2.05 bits per heavy atom. The van der Waals surface area contributed by atoms with E-state index >= 15 is 0 Å². The van der Waals surface area contributed by atoms with Gasteiger partial charge in [0.25, 0.3) is 0 Å². The molecule has 0 aliphatic carbocycles. The van der Waals surface area contributed by atoms with E-state index < -0.39 is 0 Å². The first-order chi connectivity index (χ1) is 10.2. The number of rotatable bonds is 7. The van der Waals surface area contributed by atoms with Crippen LogP contribution in [0.5, 0.6) is 0 Å². The molecule has 1 aromatic rings. The lowest BCUT2D eigenvalue weighted by molar-refractivity contribution is -0.138. The molecule has 1 aliphatic heterocycles. The van der Waals surface area contributed by atoms with Crippen LogP contribution in [0, 0.1) is 0 Å². The number of benzene rings is 1. The van der Waals surface area contributed by atoms with E-state index in [0.717, 1.165) is 51.7 Å². The molecule has 1 atom stereocenters. The van der Waals surface area contributed by atoms with Gasteiger partial charge >= 0.3 is 0 Å². The first-order valence-corrected chi connectivity index (χ1v) is 8.30. The van der Waals surface area contributed by atoms with Gasteiger partial charge in [0, 0.05) is 13.1 Å². The summed E-state index contributed by atoms with van der Waals surface area (Å²) in [5.74, 6) is 0.306. The van der Waals surface area contributed by atoms with E-state index in [0.29, 0.717) is 5.91 Å². The quantitative estimate of drug-likeness (QED) is 0.836. The summed E-state index contributed by atoms with van der Waals surface area (Å²) in [5, 5.41) is 3.49. The summed E-state index contributed by atoms with van der Waals surface area (Å²) >= 11 is 0. The Bertz CT molecular complexity index is 438. The molecular formula is C18H28N2O. The SMILES string of the molecule is CCCC1(C(=O)N(CC)CCc2ccccc2)CCCN1. The molecule has 1 aliphatic rings. The van der Waals surface area contributed by atoms with Crippen molar-refractivity contribution < 1.29 is 4.79 Å². The van der Waals surface area contributed by atoms with E-state index in [2.05, 4.69) is 43.4 Å². The number of nitrogens with one attached hydrogen (secondary N) is 1. The van der Waals surface area contributed by atoms with Gasteiger partial charge in [-0.15, -0.1) is 0 Å². The van der Waals surface area contributed by atoms with Gasteiger partial charge in [-0.25, -0.2) is 0 Å². The first kappa shape index (κ1) is 16.0. The van der Waals surface area contributed by atoms with Crippen molar-refractivity contribution in [1.82, 2.24) is 10.2 Å². The minimum absolute atomic E-state index is 0.290. The summed E-state index contributed by atoms with van der Waals surface area (Å²) in [7, 11) is 0. The van der Waals surface area contributed by atoms with Gasteiger partial charge in [0.1, 0.15) is 0 Å². The Balaban J connectivity index is 2.00. The first-order valence-electron chi connectivity index (χ1n) is 8.30. The maximum absolute atomic E-state index is 13.0. The summed E-state index contributed by atoms with van der Waals surface area (Å²) in [4.78, 5) is 15.0. The van der Waals surface area contributed by atoms with Crippen LogP contribution in [0.1, 0.15) is 45.1 Å². The number of likely N-dealkylation sites (N-methyl/N-ethyl adjacent to an activating group) is 1. The number of carbonyl (C=O) groups excluding carboxylic acids is 1. The van der Waals surface area contributed by atoms with Gasteiger partial charge in [0.05, 0.1) is 5.54 Å². The van der Waals surface area contributed by atoms with Crippen LogP contribution < -0.4 is 5.32 Å². The number of hydrogen-bond donors (Lipinski definition) is 1. The van der Waals surface area contributed by atoms with Crippen LogP contribution in [-0.4, -0.2) is 36.0 Å². The van der Waals surface area contributed by atoms with Gasteiger partial charge < -0.3 is 10.2 Å². The van der Waals surface area contributed by atoms with Crippen LogP contribution in [-0.2, 0) is 11.2 Å². The second-order valence-corrected chi connectivity index (χ2v) is 5.98. The lowest BCUT2D eigenvalue weighted by Crippen LogP contribution is -2.55. The molecule has 2 rings (SSSR count). The van der Waals surface area contributed by atoms with Crippen molar-refractivity contribution in [2.24, 2.45) is 0 Å². The average molecular weight is 288 g/mol. The standard InChI is InChI=1S/C18H28N2O/c1-3-12-18(13-8-14-19-18)17(21)20(4-2)15-11-16-9-6-5-7-10-16/h5-7,9-10,19H,3-4,8,11-15H2,1-2H3. The van der Waals surface area contributed by atoms with Gasteiger partial charge in [-0.05, 0) is 44.7 Å². The molecule has 1 heterocycles. The van der Waals surface area contributed by atoms with Crippen LogP contribution in [0.2, 0.25) is 0 Å². The molecule has 1 saturated heterocycles. The largest absolute Gasteiger partial charge is 0.341 e. The molecule has 1 unspecified atom stereocenters. The molecule has 0 bridgehead atoms. The van der Waals surface area contributed by atoms with Crippen LogP contribution in [0.15, 0.2) is 30.3 Å². The Morgan fingerprint density at radius 1 is 1.29 bits per heavy atom. The van der Waals surface area contributed by atoms with Crippen molar-refractivity contribution in [3.8, 4) is 0 Å². The normalized spacial score (nSPS) is 21.4. The molecule has 0 aromatic heterocycles. The van der Waals surface area contributed by atoms with Gasteiger partial charge in [0.2, 0.25) is 5.91 Å². The summed E-state index contributed by atoms with van der Waals surface area (Å²) in [6, 6.07) is 10.4. The zero-order valence-electron chi connectivity index (χ0n) is 13.4. The van der Waals surface area contributed by atoms with Crippen LogP contribution in [0.4, 0.5) is 0 Å². The van der Waals surface area contributed by atoms with Gasteiger partial charge in [-0.2, -0.15) is 0 Å². The van der Waals surface area contributed by atoms with E-state index in [1.807, 2.05) is 11.0 Å². The summed E-state index contributed by atoms with van der Waals surface area (Å²) in [5.41, 5.74) is 1.01. The zero-order valence-corrected chi connectivity index (χ0v) is 13.4. The molecule has 21 heavy (non-hydrogen) atoms. The molecule has 1 amide bonds. The molecule has 1 aromatic carbocycles.